The number of nitrogens with zero attached hydrogens (tertiary/aromatic N) is 2. The van der Waals surface area contributed by atoms with E-state index in [4.69, 9.17) is 15.3 Å². The van der Waals surface area contributed by atoms with Crippen LogP contribution in [-0.4, -0.2) is 12.7 Å². The van der Waals surface area contributed by atoms with Gasteiger partial charge in [-0.25, -0.2) is 0 Å². The second kappa shape index (κ2) is 3.06. The summed E-state index contributed by atoms with van der Waals surface area (Å²) in [4.78, 5) is 0. The van der Waals surface area contributed by atoms with E-state index < -0.39 is 5.60 Å². The fourth-order valence-corrected chi connectivity index (χ4v) is 0.308. The van der Waals surface area contributed by atoms with Crippen molar-refractivity contribution in [3.8, 4) is 12.1 Å². The number of hydrogen-bond acceptors (Lipinski definition) is 3. The quantitative estimate of drug-likeness (QED) is 0.547. The zero-order valence-electron chi connectivity index (χ0n) is 5.51. The van der Waals surface area contributed by atoms with Crippen LogP contribution >= 0.6 is 0 Å². The van der Waals surface area contributed by atoms with E-state index in [1.165, 1.54) is 7.11 Å². The molecule has 0 fully saturated rings. The van der Waals surface area contributed by atoms with Crippen LogP contribution < -0.4 is 0 Å². The highest BCUT2D eigenvalue weighted by Crippen LogP contribution is 2.10. The van der Waals surface area contributed by atoms with E-state index in [0.29, 0.717) is 0 Å². The number of nitriles is 2. The second-order valence-corrected chi connectivity index (χ2v) is 1.88. The van der Waals surface area contributed by atoms with E-state index in [1.54, 1.807) is 6.92 Å². The Balaban J connectivity index is 4.01. The summed E-state index contributed by atoms with van der Waals surface area (Å²) in [6.07, 6.45) is 0.111. The number of methoxy groups -OCH3 is 1. The summed E-state index contributed by atoms with van der Waals surface area (Å²) >= 11 is 0. The van der Waals surface area contributed by atoms with Crippen molar-refractivity contribution in [2.75, 3.05) is 7.11 Å². The Kier molecular flexibility index (Phi) is 2.70. The summed E-state index contributed by atoms with van der Waals surface area (Å²) in [6.45, 7) is 1.58. The van der Waals surface area contributed by atoms with Crippen LogP contribution in [0.1, 0.15) is 13.3 Å². The molecular weight excluding hydrogens is 116 g/mol. The third-order valence-electron chi connectivity index (χ3n) is 1.10. The Labute approximate surface area is 54.5 Å². The molecule has 0 radical (unpaired) electrons. The first-order valence-electron chi connectivity index (χ1n) is 2.52. The lowest BCUT2D eigenvalue weighted by molar-refractivity contribution is 0.0597. The van der Waals surface area contributed by atoms with Crippen LogP contribution in [0.3, 0.4) is 0 Å². The molecule has 0 N–H and O–H groups in total. The molecule has 0 rings (SSSR count). The predicted octanol–water partition coefficient (Wildman–Crippen LogP) is 0.829. The highest BCUT2D eigenvalue weighted by atomic mass is 16.5. The average Bonchev–Trinajstić information content (AvgIpc) is 1.89. The van der Waals surface area contributed by atoms with E-state index >= 15 is 0 Å². The van der Waals surface area contributed by atoms with Gasteiger partial charge in [-0.05, 0) is 6.92 Å². The minimum Gasteiger partial charge on any atom is -0.363 e. The van der Waals surface area contributed by atoms with Gasteiger partial charge in [0.25, 0.3) is 0 Å². The monoisotopic (exact) mass is 124 g/mol. The Hall–Kier alpha value is -1.06. The number of rotatable bonds is 2. The van der Waals surface area contributed by atoms with Gasteiger partial charge >= 0.3 is 0 Å². The number of hydrogen-bond donors (Lipinski definition) is 0. The molecule has 9 heavy (non-hydrogen) atoms. The maximum atomic E-state index is 8.39. The minimum absolute atomic E-state index is 0.111. The Morgan fingerprint density at radius 1 is 1.56 bits per heavy atom. The molecule has 0 bridgehead atoms. The van der Waals surface area contributed by atoms with Crippen molar-refractivity contribution in [2.24, 2.45) is 0 Å². The Morgan fingerprint density at radius 2 is 2.11 bits per heavy atom. The zero-order valence-corrected chi connectivity index (χ0v) is 5.51. The van der Waals surface area contributed by atoms with Gasteiger partial charge in [0.1, 0.15) is 0 Å². The van der Waals surface area contributed by atoms with Gasteiger partial charge in [-0.15, -0.1) is 0 Å². The van der Waals surface area contributed by atoms with E-state index in [-0.39, 0.29) is 6.42 Å². The third-order valence-corrected chi connectivity index (χ3v) is 1.10. The molecule has 0 aliphatic heterocycles. The van der Waals surface area contributed by atoms with Crippen LogP contribution in [0.2, 0.25) is 0 Å². The highest BCUT2D eigenvalue weighted by molar-refractivity contribution is 5.03. The van der Waals surface area contributed by atoms with Crippen molar-refractivity contribution in [3.05, 3.63) is 0 Å². The minimum atomic E-state index is -0.922. The smallest absolute Gasteiger partial charge is 0.163 e. The van der Waals surface area contributed by atoms with E-state index in [0.717, 1.165) is 0 Å². The van der Waals surface area contributed by atoms with Crippen molar-refractivity contribution in [1.82, 2.24) is 0 Å². The maximum Gasteiger partial charge on any atom is 0.163 e. The second-order valence-electron chi connectivity index (χ2n) is 1.88. The molecule has 0 aliphatic rings. The molecule has 0 amide bonds. The standard InChI is InChI=1S/C6H8N2O/c1-6(5-8,9-2)3-4-7/h3H2,1-2H3. The van der Waals surface area contributed by atoms with Crippen LogP contribution in [-0.2, 0) is 4.74 Å². The van der Waals surface area contributed by atoms with Crippen molar-refractivity contribution < 1.29 is 4.74 Å². The molecule has 0 aromatic heterocycles. The molecule has 0 aliphatic carbocycles. The molecule has 1 atom stereocenters. The molecule has 1 unspecified atom stereocenters. The van der Waals surface area contributed by atoms with Crippen molar-refractivity contribution in [1.29, 1.82) is 10.5 Å². The summed E-state index contributed by atoms with van der Waals surface area (Å²) in [5.74, 6) is 0. The van der Waals surface area contributed by atoms with Gasteiger partial charge in [0.2, 0.25) is 0 Å². The zero-order chi connectivity index (χ0) is 7.33. The fraction of sp³-hybridized carbons (Fsp3) is 0.667. The van der Waals surface area contributed by atoms with Gasteiger partial charge in [-0.2, -0.15) is 10.5 Å². The summed E-state index contributed by atoms with van der Waals surface area (Å²) in [6, 6.07) is 3.75. The van der Waals surface area contributed by atoms with Gasteiger partial charge in [-0.3, -0.25) is 0 Å². The van der Waals surface area contributed by atoms with Crippen LogP contribution in [0, 0.1) is 22.7 Å². The molecule has 3 nitrogen and oxygen atoms in total. The van der Waals surface area contributed by atoms with E-state index in [1.807, 2.05) is 12.1 Å². The highest BCUT2D eigenvalue weighted by Gasteiger charge is 2.21. The molecule has 0 heterocycles. The first-order chi connectivity index (χ1) is 4.18. The average molecular weight is 124 g/mol. The van der Waals surface area contributed by atoms with E-state index in [2.05, 4.69) is 0 Å². The lowest BCUT2D eigenvalue weighted by atomic mass is 10.1. The molecular formula is C6H8N2O. The summed E-state index contributed by atoms with van der Waals surface area (Å²) < 4.78 is 4.74. The fourth-order valence-electron chi connectivity index (χ4n) is 0.308. The van der Waals surface area contributed by atoms with Crippen LogP contribution in [0.5, 0.6) is 0 Å². The molecule has 0 aromatic carbocycles. The van der Waals surface area contributed by atoms with Crippen molar-refractivity contribution >= 4 is 0 Å². The lowest BCUT2D eigenvalue weighted by Crippen LogP contribution is -2.23. The molecule has 3 heteroatoms. The lowest BCUT2D eigenvalue weighted by Gasteiger charge is -2.13. The third kappa shape index (κ3) is 2.12. The molecule has 0 saturated carbocycles. The normalized spacial score (nSPS) is 15.1. The molecule has 0 saturated heterocycles. The van der Waals surface area contributed by atoms with Gasteiger partial charge in [0, 0.05) is 7.11 Å². The first-order valence-corrected chi connectivity index (χ1v) is 2.52. The summed E-state index contributed by atoms with van der Waals surface area (Å²) in [5, 5.41) is 16.6. The first kappa shape index (κ1) is 7.94. The van der Waals surface area contributed by atoms with E-state index in [9.17, 15) is 0 Å². The Morgan fingerprint density at radius 3 is 2.22 bits per heavy atom. The van der Waals surface area contributed by atoms with Crippen molar-refractivity contribution in [3.63, 3.8) is 0 Å². The number of ether oxygens (including phenoxy) is 1. The predicted molar refractivity (Wildman–Crippen MR) is 31.3 cm³/mol. The van der Waals surface area contributed by atoms with Crippen LogP contribution in [0.25, 0.3) is 0 Å². The van der Waals surface area contributed by atoms with Crippen molar-refractivity contribution in [2.45, 2.75) is 18.9 Å². The van der Waals surface area contributed by atoms with Crippen LogP contribution in [0.15, 0.2) is 0 Å². The van der Waals surface area contributed by atoms with Gasteiger partial charge in [-0.1, -0.05) is 0 Å². The maximum absolute atomic E-state index is 8.39. The van der Waals surface area contributed by atoms with Gasteiger partial charge in [0.05, 0.1) is 18.6 Å². The SMILES string of the molecule is COC(C)(C#N)CC#N. The molecule has 0 spiro atoms. The Bertz CT molecular complexity index is 165. The summed E-state index contributed by atoms with van der Waals surface area (Å²) in [5.41, 5.74) is -0.922. The van der Waals surface area contributed by atoms with Gasteiger partial charge in [0.15, 0.2) is 5.60 Å². The molecule has 48 valence electrons. The van der Waals surface area contributed by atoms with Gasteiger partial charge < -0.3 is 4.74 Å². The topological polar surface area (TPSA) is 56.8 Å². The molecule has 0 aromatic rings. The largest absolute Gasteiger partial charge is 0.363 e. The summed E-state index contributed by atoms with van der Waals surface area (Å²) in [7, 11) is 1.42. The van der Waals surface area contributed by atoms with Crippen LogP contribution in [0.4, 0.5) is 0 Å².